The molecular weight excluding hydrogens is 396 g/mol. The maximum Gasteiger partial charge on any atom is 0.965 e. The number of carbonyl (C=O) groups is 4. The van der Waals surface area contributed by atoms with Crippen LogP contribution < -0.4 is 0 Å². The molecule has 0 aromatic rings. The molecule has 160 valence electrons. The Hall–Kier alpha value is -2.94. The van der Waals surface area contributed by atoms with E-state index in [1.165, 1.54) is 79.7 Å². The summed E-state index contributed by atoms with van der Waals surface area (Å²) in [6.45, 7) is 11.3. The maximum absolute atomic E-state index is 11.4. The third-order valence-electron chi connectivity index (χ3n) is 2.77. The van der Waals surface area contributed by atoms with Crippen LogP contribution in [0.3, 0.4) is 0 Å². The van der Waals surface area contributed by atoms with Crippen LogP contribution in [0.15, 0.2) is 47.3 Å². The topological polar surface area (TPSA) is 105 Å². The van der Waals surface area contributed by atoms with E-state index in [-0.39, 0.29) is 46.2 Å². The quantitative estimate of drug-likeness (QED) is 0.266. The fourth-order valence-electron chi connectivity index (χ4n) is 2.18. The van der Waals surface area contributed by atoms with Crippen molar-refractivity contribution in [1.82, 2.24) is 0 Å². The van der Waals surface area contributed by atoms with E-state index < -0.39 is 9.05 Å². The molecule has 0 aliphatic carbocycles. The molecule has 0 spiro atoms. The van der Waals surface area contributed by atoms with Gasteiger partial charge in [0.05, 0.1) is 23.0 Å². The highest BCUT2D eigenvalue weighted by molar-refractivity contribution is 6.55. The Balaban J connectivity index is 6.40. The minimum atomic E-state index is -4.20. The van der Waals surface area contributed by atoms with Crippen LogP contribution in [0.4, 0.5) is 0 Å². The molecule has 0 rings (SSSR count). The number of allylic oxidation sites excluding steroid dienone is 8. The second-order valence-electron chi connectivity index (χ2n) is 6.37. The standard InChI is InChI=1S/C20H28O8Si/c1-13(21)9-17(5)25-29(26-18(6)10-14(2)22,27-19(7)11-15(3)23)28-20(8)12-16(4)24/h9-12H,1-8H3/b17-9-,18-10-,19-11-,20-12-. The molecule has 0 amide bonds. The summed E-state index contributed by atoms with van der Waals surface area (Å²) >= 11 is 0. The molecule has 0 saturated heterocycles. The molecule has 0 heterocycles. The van der Waals surface area contributed by atoms with Crippen LogP contribution in [0, 0.1) is 0 Å². The lowest BCUT2D eigenvalue weighted by molar-refractivity contribution is -0.113. The second kappa shape index (κ2) is 11.8. The molecule has 8 nitrogen and oxygen atoms in total. The van der Waals surface area contributed by atoms with Gasteiger partial charge in [0, 0.05) is 24.3 Å². The lowest BCUT2D eigenvalue weighted by Gasteiger charge is -2.29. The number of hydrogen-bond donors (Lipinski definition) is 0. The van der Waals surface area contributed by atoms with Gasteiger partial charge in [0.25, 0.3) is 0 Å². The predicted molar refractivity (Wildman–Crippen MR) is 108 cm³/mol. The van der Waals surface area contributed by atoms with Gasteiger partial charge in [-0.3, -0.25) is 19.2 Å². The lowest BCUT2D eigenvalue weighted by Crippen LogP contribution is -2.48. The van der Waals surface area contributed by atoms with Crippen molar-refractivity contribution >= 4 is 32.2 Å². The maximum atomic E-state index is 11.4. The normalized spacial score (nSPS) is 13.5. The summed E-state index contributed by atoms with van der Waals surface area (Å²) < 4.78 is 23.0. The molecule has 0 aliphatic heterocycles. The second-order valence-corrected chi connectivity index (χ2v) is 8.19. The molecule has 0 aromatic carbocycles. The van der Waals surface area contributed by atoms with Gasteiger partial charge in [-0.25, -0.2) is 0 Å². The van der Waals surface area contributed by atoms with Crippen LogP contribution in [-0.2, 0) is 36.9 Å². The smallest absolute Gasteiger partial charge is 0.456 e. The first kappa shape index (κ1) is 26.1. The lowest BCUT2D eigenvalue weighted by atomic mass is 10.4. The zero-order valence-electron chi connectivity index (χ0n) is 18.1. The molecule has 29 heavy (non-hydrogen) atoms. The van der Waals surface area contributed by atoms with Crippen molar-refractivity contribution in [3.8, 4) is 0 Å². The van der Waals surface area contributed by atoms with E-state index in [1.54, 1.807) is 0 Å². The molecule has 0 saturated carbocycles. The Labute approximate surface area is 172 Å². The number of rotatable bonds is 12. The van der Waals surface area contributed by atoms with E-state index in [9.17, 15) is 19.2 Å². The molecule has 0 atom stereocenters. The van der Waals surface area contributed by atoms with Gasteiger partial charge in [-0.1, -0.05) is 0 Å². The molecule has 0 aliphatic rings. The summed E-state index contributed by atoms with van der Waals surface area (Å²) in [5.41, 5.74) is 0. The summed E-state index contributed by atoms with van der Waals surface area (Å²) in [5, 5.41) is 0. The number of hydrogen-bond acceptors (Lipinski definition) is 8. The van der Waals surface area contributed by atoms with Crippen molar-refractivity contribution in [2.24, 2.45) is 0 Å². The van der Waals surface area contributed by atoms with Crippen molar-refractivity contribution in [3.63, 3.8) is 0 Å². The molecule has 0 unspecified atom stereocenters. The Morgan fingerprint density at radius 1 is 0.448 bits per heavy atom. The summed E-state index contributed by atoms with van der Waals surface area (Å²) in [7, 11) is -4.20. The highest BCUT2D eigenvalue weighted by Crippen LogP contribution is 2.25. The highest BCUT2D eigenvalue weighted by atomic mass is 28.4. The fourth-order valence-corrected chi connectivity index (χ4v) is 4.24. The molecule has 9 heteroatoms. The number of ketones is 4. The highest BCUT2D eigenvalue weighted by Gasteiger charge is 2.58. The van der Waals surface area contributed by atoms with Crippen LogP contribution in [0.2, 0.25) is 0 Å². The van der Waals surface area contributed by atoms with Crippen LogP contribution >= 0.6 is 0 Å². The van der Waals surface area contributed by atoms with Gasteiger partial charge >= 0.3 is 9.05 Å². The molecular formula is C20H28O8Si. The molecule has 0 aromatic heterocycles. The Morgan fingerprint density at radius 2 is 0.621 bits per heavy atom. The summed E-state index contributed by atoms with van der Waals surface area (Å²) in [5.74, 6) is -0.613. The first-order valence-corrected chi connectivity index (χ1v) is 10.4. The first-order chi connectivity index (χ1) is 13.2. The van der Waals surface area contributed by atoms with E-state index in [0.717, 1.165) is 0 Å². The Bertz CT molecular complexity index is 653. The summed E-state index contributed by atoms with van der Waals surface area (Å²) in [6.07, 6.45) is 4.82. The Morgan fingerprint density at radius 3 is 0.759 bits per heavy atom. The van der Waals surface area contributed by atoms with Gasteiger partial charge in [-0.05, 0) is 55.4 Å². The van der Waals surface area contributed by atoms with Crippen LogP contribution in [-0.4, -0.2) is 32.2 Å². The van der Waals surface area contributed by atoms with Crippen LogP contribution in [0.25, 0.3) is 0 Å². The van der Waals surface area contributed by atoms with Gasteiger partial charge in [-0.15, -0.1) is 0 Å². The predicted octanol–water partition coefficient (Wildman–Crippen LogP) is 3.46. The molecule has 0 radical (unpaired) electrons. The van der Waals surface area contributed by atoms with Gasteiger partial charge in [0.2, 0.25) is 0 Å². The number of carbonyl (C=O) groups excluding carboxylic acids is 4. The SMILES string of the molecule is CC(=O)/C=C(/C)O[Si](O/C(C)=C\C(C)=O)(O/C(C)=C\C(C)=O)O/C(C)=C\C(C)=O. The van der Waals surface area contributed by atoms with E-state index in [0.29, 0.717) is 0 Å². The first-order valence-electron chi connectivity index (χ1n) is 8.76. The zero-order valence-corrected chi connectivity index (χ0v) is 19.1. The van der Waals surface area contributed by atoms with Crippen molar-refractivity contribution in [1.29, 1.82) is 0 Å². The molecule has 0 fully saturated rings. The average Bonchev–Trinajstić information content (AvgIpc) is 2.41. The van der Waals surface area contributed by atoms with E-state index in [4.69, 9.17) is 17.7 Å². The average molecular weight is 425 g/mol. The van der Waals surface area contributed by atoms with Crippen molar-refractivity contribution in [2.75, 3.05) is 0 Å². The van der Waals surface area contributed by atoms with E-state index >= 15 is 0 Å². The van der Waals surface area contributed by atoms with Crippen molar-refractivity contribution < 1.29 is 36.9 Å². The van der Waals surface area contributed by atoms with Gasteiger partial charge in [0.15, 0.2) is 23.1 Å². The van der Waals surface area contributed by atoms with Crippen molar-refractivity contribution in [2.45, 2.75) is 55.4 Å². The van der Waals surface area contributed by atoms with Gasteiger partial charge in [0.1, 0.15) is 0 Å². The third-order valence-corrected chi connectivity index (χ3v) is 5.06. The van der Waals surface area contributed by atoms with Gasteiger partial charge < -0.3 is 17.7 Å². The van der Waals surface area contributed by atoms with E-state index in [1.807, 2.05) is 0 Å². The molecule has 0 N–H and O–H groups in total. The van der Waals surface area contributed by atoms with Gasteiger partial charge in [-0.2, -0.15) is 0 Å². The fraction of sp³-hybridized carbons (Fsp3) is 0.400. The largest absolute Gasteiger partial charge is 0.965 e. The minimum Gasteiger partial charge on any atom is -0.456 e. The summed E-state index contributed by atoms with van der Waals surface area (Å²) in [4.78, 5) is 45.6. The summed E-state index contributed by atoms with van der Waals surface area (Å²) in [6, 6.07) is 0. The molecule has 0 bridgehead atoms. The third kappa shape index (κ3) is 12.2. The van der Waals surface area contributed by atoms with E-state index in [2.05, 4.69) is 0 Å². The minimum absolute atomic E-state index is 0.131. The Kier molecular flexibility index (Phi) is 10.6. The van der Waals surface area contributed by atoms with Crippen molar-refractivity contribution in [3.05, 3.63) is 47.3 Å². The van der Waals surface area contributed by atoms with Crippen LogP contribution in [0.1, 0.15) is 55.4 Å². The monoisotopic (exact) mass is 424 g/mol. The van der Waals surface area contributed by atoms with Crippen LogP contribution in [0.5, 0.6) is 0 Å². The zero-order chi connectivity index (χ0) is 22.8.